The van der Waals surface area contributed by atoms with Gasteiger partial charge in [-0.25, -0.2) is 8.42 Å². The fraction of sp³-hybridized carbons (Fsp3) is 0. The van der Waals surface area contributed by atoms with Crippen LogP contribution < -0.4 is 0 Å². The average molecular weight is 252 g/mol. The van der Waals surface area contributed by atoms with Crippen molar-refractivity contribution in [2.24, 2.45) is 0 Å². The molecule has 0 fully saturated rings. The Morgan fingerprint density at radius 3 is 2.50 bits per heavy atom. The maximum Gasteiger partial charge on any atom is 0.168 e. The third-order valence-corrected chi connectivity index (χ3v) is 3.30. The van der Waals surface area contributed by atoms with E-state index in [9.17, 15) is 8.42 Å². The molecule has 2 nitrogen and oxygen atoms in total. The number of rotatable bonds is 2. The molecule has 16 heavy (non-hydrogen) atoms. The SMILES string of the molecule is O=[SH](=O)c1ccccc1-c1cc[c]cc1Cl. The first kappa shape index (κ1) is 11.2. The summed E-state index contributed by atoms with van der Waals surface area (Å²) < 4.78 is 22.2. The van der Waals surface area contributed by atoms with Crippen LogP contribution in [0.1, 0.15) is 0 Å². The molecule has 0 spiro atoms. The van der Waals surface area contributed by atoms with Crippen LogP contribution in [0.4, 0.5) is 0 Å². The van der Waals surface area contributed by atoms with Crippen LogP contribution in [0.25, 0.3) is 11.1 Å². The highest BCUT2D eigenvalue weighted by Crippen LogP contribution is 2.30. The predicted octanol–water partition coefficient (Wildman–Crippen LogP) is 2.78. The van der Waals surface area contributed by atoms with Crippen molar-refractivity contribution in [1.29, 1.82) is 0 Å². The molecule has 0 aliphatic rings. The van der Waals surface area contributed by atoms with Crippen molar-refractivity contribution >= 4 is 22.3 Å². The molecule has 0 saturated heterocycles. The summed E-state index contributed by atoms with van der Waals surface area (Å²) >= 11 is 6.01. The number of hydrogen-bond donors (Lipinski definition) is 1. The van der Waals surface area contributed by atoms with Crippen molar-refractivity contribution in [2.45, 2.75) is 4.90 Å². The Hall–Kier alpha value is -1.32. The fourth-order valence-electron chi connectivity index (χ4n) is 1.49. The summed E-state index contributed by atoms with van der Waals surface area (Å²) in [6, 6.07) is 14.7. The molecule has 0 unspecified atom stereocenters. The second-order valence-electron chi connectivity index (χ2n) is 3.18. The first-order valence-corrected chi connectivity index (χ1v) is 6.15. The highest BCUT2D eigenvalue weighted by Gasteiger charge is 2.08. The van der Waals surface area contributed by atoms with Crippen molar-refractivity contribution in [3.63, 3.8) is 0 Å². The number of benzene rings is 2. The molecule has 0 N–H and O–H groups in total. The first-order chi connectivity index (χ1) is 7.70. The quantitative estimate of drug-likeness (QED) is 0.833. The zero-order valence-corrected chi connectivity index (χ0v) is 9.83. The van der Waals surface area contributed by atoms with Crippen molar-refractivity contribution in [2.75, 3.05) is 0 Å². The normalized spacial score (nSPS) is 10.6. The van der Waals surface area contributed by atoms with Crippen molar-refractivity contribution in [1.82, 2.24) is 0 Å². The van der Waals surface area contributed by atoms with Crippen LogP contribution in [0.15, 0.2) is 47.4 Å². The van der Waals surface area contributed by atoms with E-state index in [-0.39, 0.29) is 4.90 Å². The van der Waals surface area contributed by atoms with Gasteiger partial charge in [0.05, 0.1) is 4.90 Å². The van der Waals surface area contributed by atoms with Crippen LogP contribution in [0.2, 0.25) is 5.02 Å². The van der Waals surface area contributed by atoms with Crippen LogP contribution >= 0.6 is 11.6 Å². The molecule has 2 aromatic rings. The molecule has 0 heterocycles. The molecule has 4 heteroatoms. The molecular formula is C12H8ClO2S. The van der Waals surface area contributed by atoms with Crippen LogP contribution in [0.5, 0.6) is 0 Å². The van der Waals surface area contributed by atoms with Gasteiger partial charge in [-0.3, -0.25) is 0 Å². The molecule has 0 aliphatic carbocycles. The minimum Gasteiger partial charge on any atom is -0.227 e. The van der Waals surface area contributed by atoms with Gasteiger partial charge >= 0.3 is 0 Å². The standard InChI is InChI=1S/C12H8ClO2S/c13-11-7-3-1-5-9(11)10-6-2-4-8-12(10)16(14)15/h1-2,4-8,16H. The predicted molar refractivity (Wildman–Crippen MR) is 64.3 cm³/mol. The highest BCUT2D eigenvalue weighted by atomic mass is 35.5. The minimum absolute atomic E-state index is 0.283. The van der Waals surface area contributed by atoms with E-state index in [1.165, 1.54) is 0 Å². The lowest BCUT2D eigenvalue weighted by atomic mass is 10.1. The summed E-state index contributed by atoms with van der Waals surface area (Å²) in [5, 5.41) is 0.492. The van der Waals surface area contributed by atoms with Gasteiger partial charge in [0.25, 0.3) is 0 Å². The average Bonchev–Trinajstić information content (AvgIpc) is 2.29. The molecule has 0 saturated carbocycles. The third-order valence-electron chi connectivity index (χ3n) is 2.20. The van der Waals surface area contributed by atoms with Gasteiger partial charge in [0.1, 0.15) is 0 Å². The van der Waals surface area contributed by atoms with E-state index in [0.717, 1.165) is 0 Å². The van der Waals surface area contributed by atoms with Gasteiger partial charge < -0.3 is 0 Å². The minimum atomic E-state index is -2.62. The third kappa shape index (κ3) is 2.10. The number of hydrogen-bond acceptors (Lipinski definition) is 2. The van der Waals surface area contributed by atoms with Crippen LogP contribution in [-0.4, -0.2) is 8.42 Å². The Labute approximate surface area is 100 Å². The molecule has 0 aliphatic heterocycles. The van der Waals surface area contributed by atoms with E-state index in [2.05, 4.69) is 6.07 Å². The summed E-state index contributed by atoms with van der Waals surface area (Å²) in [4.78, 5) is 0.283. The summed E-state index contributed by atoms with van der Waals surface area (Å²) in [5.74, 6) is 0. The van der Waals surface area contributed by atoms with Gasteiger partial charge in [0.15, 0.2) is 10.7 Å². The monoisotopic (exact) mass is 251 g/mol. The van der Waals surface area contributed by atoms with E-state index in [1.54, 1.807) is 42.5 Å². The molecular weight excluding hydrogens is 244 g/mol. The lowest BCUT2D eigenvalue weighted by Crippen LogP contribution is -1.87. The zero-order valence-electron chi connectivity index (χ0n) is 8.18. The van der Waals surface area contributed by atoms with Gasteiger partial charge in [0.2, 0.25) is 0 Å². The van der Waals surface area contributed by atoms with Crippen LogP contribution in [-0.2, 0) is 10.7 Å². The Balaban J connectivity index is 2.70. The number of thiol groups is 1. The van der Waals surface area contributed by atoms with Gasteiger partial charge in [-0.2, -0.15) is 0 Å². The van der Waals surface area contributed by atoms with E-state index < -0.39 is 10.7 Å². The van der Waals surface area contributed by atoms with E-state index >= 15 is 0 Å². The molecule has 2 aromatic carbocycles. The Morgan fingerprint density at radius 1 is 1.06 bits per heavy atom. The molecule has 1 radical (unpaired) electrons. The van der Waals surface area contributed by atoms with E-state index in [1.807, 2.05) is 0 Å². The summed E-state index contributed by atoms with van der Waals surface area (Å²) in [5.41, 5.74) is 1.33. The van der Waals surface area contributed by atoms with E-state index in [4.69, 9.17) is 11.6 Å². The van der Waals surface area contributed by atoms with E-state index in [0.29, 0.717) is 16.1 Å². The molecule has 0 bridgehead atoms. The van der Waals surface area contributed by atoms with Crippen LogP contribution in [0.3, 0.4) is 0 Å². The maximum absolute atomic E-state index is 11.1. The largest absolute Gasteiger partial charge is 0.227 e. The van der Waals surface area contributed by atoms with Gasteiger partial charge in [-0.15, -0.1) is 0 Å². The first-order valence-electron chi connectivity index (χ1n) is 4.59. The van der Waals surface area contributed by atoms with Crippen LogP contribution in [0, 0.1) is 6.07 Å². The highest BCUT2D eigenvalue weighted by molar-refractivity contribution is 7.72. The molecule has 2 rings (SSSR count). The molecule has 0 atom stereocenters. The van der Waals surface area contributed by atoms with Crippen molar-refractivity contribution in [3.05, 3.63) is 53.6 Å². The lowest BCUT2D eigenvalue weighted by molar-refractivity contribution is 0.615. The smallest absolute Gasteiger partial charge is 0.168 e. The number of halogens is 1. The molecule has 81 valence electrons. The summed E-state index contributed by atoms with van der Waals surface area (Å²) in [7, 11) is -2.62. The zero-order chi connectivity index (χ0) is 11.5. The van der Waals surface area contributed by atoms with Gasteiger partial charge in [-0.05, 0) is 18.2 Å². The second-order valence-corrected chi connectivity index (χ2v) is 4.58. The van der Waals surface area contributed by atoms with Gasteiger partial charge in [-0.1, -0.05) is 41.9 Å². The van der Waals surface area contributed by atoms with Gasteiger partial charge in [0, 0.05) is 16.1 Å². The summed E-state index contributed by atoms with van der Waals surface area (Å²) in [6.45, 7) is 0. The Bertz CT molecular complexity index is 583. The molecule has 0 amide bonds. The van der Waals surface area contributed by atoms with Crippen molar-refractivity contribution in [3.8, 4) is 11.1 Å². The lowest BCUT2D eigenvalue weighted by Gasteiger charge is -2.06. The topological polar surface area (TPSA) is 34.1 Å². The second kappa shape index (κ2) is 4.68. The summed E-state index contributed by atoms with van der Waals surface area (Å²) in [6.07, 6.45) is 0. The fourth-order valence-corrected chi connectivity index (χ4v) is 2.32. The van der Waals surface area contributed by atoms with Crippen molar-refractivity contribution < 1.29 is 8.42 Å². The maximum atomic E-state index is 11.1. The Kier molecular flexibility index (Phi) is 3.27. The Morgan fingerprint density at radius 2 is 1.81 bits per heavy atom. The molecule has 0 aromatic heterocycles.